The maximum atomic E-state index is 15.1. The van der Waals surface area contributed by atoms with Crippen LogP contribution in [-0.2, 0) is 14.8 Å². The molecule has 1 heterocycles. The van der Waals surface area contributed by atoms with Crippen molar-refractivity contribution in [3.8, 4) is 0 Å². The summed E-state index contributed by atoms with van der Waals surface area (Å²) in [7, 11) is -4.88. The molecular weight excluding hydrogens is 529 g/mol. The molecule has 3 N–H and O–H groups in total. The van der Waals surface area contributed by atoms with Crippen molar-refractivity contribution >= 4 is 50.6 Å². The smallest absolute Gasteiger partial charge is 0.430 e. The SMILES string of the molecule is CC(C)(C)OC(=O)N(c1cscn1)S(=O)(=O)c1cc(Cl)c(N[C@@H](N)c2cc(F)ccc2F)cc1F. The molecule has 0 aliphatic heterocycles. The van der Waals surface area contributed by atoms with Gasteiger partial charge >= 0.3 is 6.09 Å². The number of halogens is 4. The average Bonchev–Trinajstić information content (AvgIpc) is 3.24. The minimum absolute atomic E-state index is 0.197. The number of anilines is 2. The Morgan fingerprint density at radius 2 is 1.89 bits per heavy atom. The van der Waals surface area contributed by atoms with Crippen molar-refractivity contribution in [1.29, 1.82) is 0 Å². The molecule has 0 spiro atoms. The van der Waals surface area contributed by atoms with Crippen LogP contribution in [0.25, 0.3) is 0 Å². The quantitative estimate of drug-likeness (QED) is 0.396. The van der Waals surface area contributed by atoms with Crippen molar-refractivity contribution in [3.05, 3.63) is 69.3 Å². The molecule has 0 saturated carbocycles. The van der Waals surface area contributed by atoms with Crippen molar-refractivity contribution < 1.29 is 31.1 Å². The highest BCUT2D eigenvalue weighted by Gasteiger charge is 2.38. The molecule has 0 fully saturated rings. The zero-order valence-corrected chi connectivity index (χ0v) is 20.9. The van der Waals surface area contributed by atoms with E-state index in [1.165, 1.54) is 31.7 Å². The second-order valence-electron chi connectivity index (χ2n) is 8.15. The summed E-state index contributed by atoms with van der Waals surface area (Å²) >= 11 is 7.17. The third-order valence-electron chi connectivity index (χ3n) is 4.33. The third-order valence-corrected chi connectivity index (χ3v) is 6.90. The topological polar surface area (TPSA) is 115 Å². The Hall–Kier alpha value is -2.87. The van der Waals surface area contributed by atoms with Gasteiger partial charge in [0, 0.05) is 10.9 Å². The van der Waals surface area contributed by atoms with Crippen LogP contribution in [0.4, 0.5) is 29.5 Å². The van der Waals surface area contributed by atoms with Crippen LogP contribution in [-0.4, -0.2) is 25.1 Å². The average molecular weight is 549 g/mol. The Kier molecular flexibility index (Phi) is 7.65. The first-order chi connectivity index (χ1) is 16.2. The summed E-state index contributed by atoms with van der Waals surface area (Å²) in [6.45, 7) is 4.58. The molecule has 188 valence electrons. The zero-order valence-electron chi connectivity index (χ0n) is 18.6. The van der Waals surface area contributed by atoms with Crippen LogP contribution in [0, 0.1) is 17.5 Å². The number of aromatic nitrogens is 1. The van der Waals surface area contributed by atoms with Crippen LogP contribution in [0.3, 0.4) is 0 Å². The van der Waals surface area contributed by atoms with Gasteiger partial charge in [0.1, 0.15) is 34.1 Å². The number of thiazole rings is 1. The highest BCUT2D eigenvalue weighted by molar-refractivity contribution is 7.93. The van der Waals surface area contributed by atoms with E-state index in [1.807, 2.05) is 0 Å². The predicted octanol–water partition coefficient (Wildman–Crippen LogP) is 5.41. The van der Waals surface area contributed by atoms with E-state index in [-0.39, 0.29) is 26.4 Å². The normalized spacial score (nSPS) is 12.8. The van der Waals surface area contributed by atoms with Crippen molar-refractivity contribution in [2.24, 2.45) is 5.73 Å². The molecular formula is C21H20ClF3N4O4S2. The molecule has 1 aromatic heterocycles. The summed E-state index contributed by atoms with van der Waals surface area (Å²) in [5.74, 6) is -3.17. The van der Waals surface area contributed by atoms with Gasteiger partial charge < -0.3 is 15.8 Å². The number of amides is 1. The van der Waals surface area contributed by atoms with Crippen LogP contribution in [0.15, 0.2) is 46.1 Å². The summed E-state index contributed by atoms with van der Waals surface area (Å²) in [6, 6.07) is 4.08. The molecule has 0 bridgehead atoms. The Bertz CT molecular complexity index is 1350. The Morgan fingerprint density at radius 1 is 1.20 bits per heavy atom. The fourth-order valence-electron chi connectivity index (χ4n) is 2.86. The molecule has 0 aliphatic rings. The molecule has 0 saturated heterocycles. The maximum Gasteiger partial charge on any atom is 0.430 e. The molecule has 3 rings (SSSR count). The van der Waals surface area contributed by atoms with E-state index in [1.54, 1.807) is 0 Å². The molecule has 2 aromatic carbocycles. The second kappa shape index (κ2) is 10.0. The number of nitrogens with zero attached hydrogens (tertiary/aromatic N) is 2. The molecule has 0 radical (unpaired) electrons. The fourth-order valence-corrected chi connectivity index (χ4v) is 5.07. The van der Waals surface area contributed by atoms with E-state index in [0.717, 1.165) is 35.6 Å². The number of ether oxygens (including phenoxy) is 1. The van der Waals surface area contributed by atoms with Crippen LogP contribution < -0.4 is 15.4 Å². The first-order valence-electron chi connectivity index (χ1n) is 9.83. The fraction of sp³-hybridized carbons (Fsp3) is 0.238. The monoisotopic (exact) mass is 548 g/mol. The van der Waals surface area contributed by atoms with Crippen molar-refractivity contribution in [1.82, 2.24) is 4.98 Å². The third kappa shape index (κ3) is 6.04. The molecule has 8 nitrogen and oxygen atoms in total. The lowest BCUT2D eigenvalue weighted by molar-refractivity contribution is 0.0608. The van der Waals surface area contributed by atoms with Gasteiger partial charge in [-0.1, -0.05) is 11.6 Å². The molecule has 3 aromatic rings. The van der Waals surface area contributed by atoms with E-state index in [0.29, 0.717) is 6.07 Å². The molecule has 1 amide bonds. The lowest BCUT2D eigenvalue weighted by Crippen LogP contribution is -2.41. The Balaban J connectivity index is 2.00. The van der Waals surface area contributed by atoms with Gasteiger partial charge in [-0.15, -0.1) is 15.6 Å². The highest BCUT2D eigenvalue weighted by Crippen LogP contribution is 2.34. The Morgan fingerprint density at radius 3 is 2.49 bits per heavy atom. The standard InChI is InChI=1S/C21H20ClF3N4O4S2/c1-21(2,3)33-20(30)29(18-9-34-10-27-18)35(31,32)17-7-13(22)16(8-15(17)25)28-19(26)12-6-11(23)4-5-14(12)24/h4-10,19,28H,26H2,1-3H3/t19-/m1/s1. The number of benzene rings is 2. The molecule has 0 aliphatic carbocycles. The first kappa shape index (κ1) is 26.7. The summed E-state index contributed by atoms with van der Waals surface area (Å²) < 4.78 is 74.6. The van der Waals surface area contributed by atoms with Gasteiger partial charge in [-0.3, -0.25) is 0 Å². The first-order valence-corrected chi connectivity index (χ1v) is 12.6. The van der Waals surface area contributed by atoms with Gasteiger partial charge in [-0.05, 0) is 51.1 Å². The molecule has 1 atom stereocenters. The van der Waals surface area contributed by atoms with Crippen LogP contribution in [0.2, 0.25) is 5.02 Å². The molecule has 14 heteroatoms. The lowest BCUT2D eigenvalue weighted by atomic mass is 10.1. The number of carbonyl (C=O) groups is 1. The molecule has 35 heavy (non-hydrogen) atoms. The van der Waals surface area contributed by atoms with E-state index in [2.05, 4.69) is 10.3 Å². The van der Waals surface area contributed by atoms with Crippen molar-refractivity contribution in [2.75, 3.05) is 9.62 Å². The minimum atomic E-state index is -4.88. The number of sulfonamides is 1. The predicted molar refractivity (Wildman–Crippen MR) is 126 cm³/mol. The van der Waals surface area contributed by atoms with Gasteiger partial charge in [-0.2, -0.15) is 0 Å². The van der Waals surface area contributed by atoms with E-state index in [4.69, 9.17) is 22.1 Å². The summed E-state index contributed by atoms with van der Waals surface area (Å²) in [5, 5.41) is 3.46. The Labute approximate surface area is 208 Å². The van der Waals surface area contributed by atoms with Crippen molar-refractivity contribution in [2.45, 2.75) is 37.4 Å². The van der Waals surface area contributed by atoms with E-state index < -0.39 is 50.2 Å². The van der Waals surface area contributed by atoms with E-state index >= 15 is 4.39 Å². The second-order valence-corrected chi connectivity index (χ2v) is 11.0. The summed E-state index contributed by atoms with van der Waals surface area (Å²) in [5.41, 5.74) is 5.61. The zero-order chi connectivity index (χ0) is 26.1. The number of nitrogens with two attached hydrogens (primary N) is 1. The highest BCUT2D eigenvalue weighted by atomic mass is 35.5. The number of carbonyl (C=O) groups excluding carboxylic acids is 1. The lowest BCUT2D eigenvalue weighted by Gasteiger charge is -2.26. The van der Waals surface area contributed by atoms with E-state index in [9.17, 15) is 22.0 Å². The minimum Gasteiger partial charge on any atom is -0.443 e. The van der Waals surface area contributed by atoms with Crippen LogP contribution in [0.1, 0.15) is 32.5 Å². The van der Waals surface area contributed by atoms with Crippen molar-refractivity contribution in [3.63, 3.8) is 0 Å². The summed E-state index contributed by atoms with van der Waals surface area (Å²) in [6.07, 6.45) is -2.65. The van der Waals surface area contributed by atoms with Crippen LogP contribution >= 0.6 is 22.9 Å². The largest absolute Gasteiger partial charge is 0.443 e. The maximum absolute atomic E-state index is 15.1. The van der Waals surface area contributed by atoms with Gasteiger partial charge in [0.15, 0.2) is 5.82 Å². The van der Waals surface area contributed by atoms with Gasteiger partial charge in [-0.25, -0.2) is 31.4 Å². The number of rotatable bonds is 6. The van der Waals surface area contributed by atoms with Gasteiger partial charge in [0.2, 0.25) is 0 Å². The number of hydrogen-bond acceptors (Lipinski definition) is 8. The number of hydrogen-bond donors (Lipinski definition) is 2. The van der Waals surface area contributed by atoms with Gasteiger partial charge in [0.25, 0.3) is 10.0 Å². The van der Waals surface area contributed by atoms with Gasteiger partial charge in [0.05, 0.1) is 16.2 Å². The summed E-state index contributed by atoms with van der Waals surface area (Å²) in [4.78, 5) is 15.6. The number of nitrogens with one attached hydrogen (secondary N) is 1. The molecule has 0 unspecified atom stereocenters. The van der Waals surface area contributed by atoms with Crippen LogP contribution in [0.5, 0.6) is 0 Å².